The minimum Gasteiger partial charge on any atom is -0.483 e. The van der Waals surface area contributed by atoms with E-state index in [-0.39, 0.29) is 19.1 Å². The smallest absolute Gasteiger partial charge is 0.258 e. The van der Waals surface area contributed by atoms with Gasteiger partial charge in [0.2, 0.25) is 0 Å². The van der Waals surface area contributed by atoms with Gasteiger partial charge < -0.3 is 15.2 Å². The molecule has 0 saturated carbocycles. The molecule has 1 rings (SSSR count). The molecule has 4 nitrogen and oxygen atoms in total. The summed E-state index contributed by atoms with van der Waals surface area (Å²) < 4.78 is 6.01. The second kappa shape index (κ2) is 6.41. The molecule has 0 saturated heterocycles. The number of rotatable bonds is 5. The summed E-state index contributed by atoms with van der Waals surface area (Å²) in [5.41, 5.74) is -0.934. The number of halogens is 2. The maximum atomic E-state index is 11.5. The topological polar surface area (TPSA) is 58.6 Å². The Morgan fingerprint density at radius 2 is 2.22 bits per heavy atom. The molecule has 0 spiro atoms. The molecule has 2 N–H and O–H groups in total. The molecule has 1 aromatic rings. The fourth-order valence-electron chi connectivity index (χ4n) is 1.10. The molecule has 0 heterocycles. The SMILES string of the molecule is CC(C)(O)CNC(=O)COc1ccc(Cl)cc1Br. The van der Waals surface area contributed by atoms with Gasteiger partial charge in [0.15, 0.2) is 6.61 Å². The van der Waals surface area contributed by atoms with Gasteiger partial charge in [-0.15, -0.1) is 0 Å². The van der Waals surface area contributed by atoms with Crippen LogP contribution in [0.3, 0.4) is 0 Å². The Morgan fingerprint density at radius 3 is 2.78 bits per heavy atom. The van der Waals surface area contributed by atoms with E-state index >= 15 is 0 Å². The van der Waals surface area contributed by atoms with Crippen LogP contribution >= 0.6 is 27.5 Å². The van der Waals surface area contributed by atoms with Crippen molar-refractivity contribution in [3.05, 3.63) is 27.7 Å². The van der Waals surface area contributed by atoms with Crippen LogP contribution < -0.4 is 10.1 Å². The van der Waals surface area contributed by atoms with Gasteiger partial charge in [-0.2, -0.15) is 0 Å². The second-order valence-electron chi connectivity index (χ2n) is 4.45. The van der Waals surface area contributed by atoms with E-state index in [4.69, 9.17) is 16.3 Å². The van der Waals surface area contributed by atoms with Crippen molar-refractivity contribution in [2.24, 2.45) is 0 Å². The molecule has 0 radical (unpaired) electrons. The number of carbonyl (C=O) groups is 1. The first-order valence-electron chi connectivity index (χ1n) is 5.35. The van der Waals surface area contributed by atoms with Gasteiger partial charge in [-0.05, 0) is 48.0 Å². The Labute approximate surface area is 119 Å². The summed E-state index contributed by atoms with van der Waals surface area (Å²) >= 11 is 9.07. The molecule has 0 aliphatic carbocycles. The molecular formula is C12H15BrClNO3. The highest BCUT2D eigenvalue weighted by atomic mass is 79.9. The summed E-state index contributed by atoms with van der Waals surface area (Å²) in [7, 11) is 0. The lowest BCUT2D eigenvalue weighted by molar-refractivity contribution is -0.124. The zero-order valence-corrected chi connectivity index (χ0v) is 12.5. The summed E-state index contributed by atoms with van der Waals surface area (Å²) in [6, 6.07) is 5.04. The molecule has 1 aromatic carbocycles. The maximum absolute atomic E-state index is 11.5. The number of hydrogen-bond donors (Lipinski definition) is 2. The van der Waals surface area contributed by atoms with E-state index in [1.807, 2.05) is 0 Å². The van der Waals surface area contributed by atoms with Gasteiger partial charge in [-0.3, -0.25) is 4.79 Å². The maximum Gasteiger partial charge on any atom is 0.258 e. The van der Waals surface area contributed by atoms with Crippen LogP contribution in [0.1, 0.15) is 13.8 Å². The predicted molar refractivity (Wildman–Crippen MR) is 74.0 cm³/mol. The van der Waals surface area contributed by atoms with Gasteiger partial charge in [0.1, 0.15) is 5.75 Å². The molecule has 100 valence electrons. The van der Waals surface area contributed by atoms with Crippen molar-refractivity contribution in [2.45, 2.75) is 19.4 Å². The third kappa shape index (κ3) is 5.71. The quantitative estimate of drug-likeness (QED) is 0.868. The van der Waals surface area contributed by atoms with E-state index in [2.05, 4.69) is 21.2 Å². The Kier molecular flexibility index (Phi) is 5.44. The third-order valence-electron chi connectivity index (χ3n) is 1.97. The summed E-state index contributed by atoms with van der Waals surface area (Å²) in [6.07, 6.45) is 0. The van der Waals surface area contributed by atoms with Gasteiger partial charge in [-0.25, -0.2) is 0 Å². The van der Waals surface area contributed by atoms with E-state index in [1.165, 1.54) is 0 Å². The zero-order valence-electron chi connectivity index (χ0n) is 10.2. The van der Waals surface area contributed by atoms with Crippen molar-refractivity contribution >= 4 is 33.4 Å². The Morgan fingerprint density at radius 1 is 1.56 bits per heavy atom. The largest absolute Gasteiger partial charge is 0.483 e. The molecule has 0 aliphatic rings. The zero-order chi connectivity index (χ0) is 13.8. The highest BCUT2D eigenvalue weighted by Crippen LogP contribution is 2.27. The molecule has 0 unspecified atom stereocenters. The first-order chi connectivity index (χ1) is 8.28. The fourth-order valence-corrected chi connectivity index (χ4v) is 1.90. The highest BCUT2D eigenvalue weighted by molar-refractivity contribution is 9.10. The van der Waals surface area contributed by atoms with E-state index in [9.17, 15) is 9.90 Å². The van der Waals surface area contributed by atoms with Gasteiger partial charge in [-0.1, -0.05) is 11.6 Å². The van der Waals surface area contributed by atoms with Gasteiger partial charge in [0, 0.05) is 11.6 Å². The minimum absolute atomic E-state index is 0.115. The molecule has 18 heavy (non-hydrogen) atoms. The number of carbonyl (C=O) groups excluding carboxylic acids is 1. The van der Waals surface area contributed by atoms with Crippen LogP contribution in [0.2, 0.25) is 5.02 Å². The number of ether oxygens (including phenoxy) is 1. The molecule has 0 bridgehead atoms. The first kappa shape index (κ1) is 15.3. The molecule has 1 amide bonds. The Bertz CT molecular complexity index is 432. The second-order valence-corrected chi connectivity index (χ2v) is 5.74. The summed E-state index contributed by atoms with van der Waals surface area (Å²) in [4.78, 5) is 11.5. The van der Waals surface area contributed by atoms with Crippen LogP contribution in [0, 0.1) is 0 Å². The van der Waals surface area contributed by atoms with Crippen LogP contribution in [0.4, 0.5) is 0 Å². The van der Waals surface area contributed by atoms with Crippen LogP contribution in [0.15, 0.2) is 22.7 Å². The van der Waals surface area contributed by atoms with E-state index < -0.39 is 5.60 Å². The molecular weight excluding hydrogens is 321 g/mol. The standard InChI is InChI=1S/C12H15BrClNO3/c1-12(2,17)7-15-11(16)6-18-10-4-3-8(14)5-9(10)13/h3-5,17H,6-7H2,1-2H3,(H,15,16). The van der Waals surface area contributed by atoms with Gasteiger partial charge in [0.25, 0.3) is 5.91 Å². The average Bonchev–Trinajstić information content (AvgIpc) is 2.24. The van der Waals surface area contributed by atoms with Crippen molar-refractivity contribution in [1.29, 1.82) is 0 Å². The minimum atomic E-state index is -0.934. The summed E-state index contributed by atoms with van der Waals surface area (Å²) in [6.45, 7) is 3.29. The van der Waals surface area contributed by atoms with Crippen molar-refractivity contribution in [3.8, 4) is 5.75 Å². The average molecular weight is 337 g/mol. The third-order valence-corrected chi connectivity index (χ3v) is 2.83. The van der Waals surface area contributed by atoms with E-state index in [0.29, 0.717) is 15.2 Å². The molecule has 0 aromatic heterocycles. The van der Waals surface area contributed by atoms with E-state index in [1.54, 1.807) is 32.0 Å². The molecule has 0 fully saturated rings. The van der Waals surface area contributed by atoms with Gasteiger partial charge in [0.05, 0.1) is 10.1 Å². The van der Waals surface area contributed by atoms with Crippen LogP contribution in [-0.2, 0) is 4.79 Å². The van der Waals surface area contributed by atoms with Crippen molar-refractivity contribution in [2.75, 3.05) is 13.2 Å². The Balaban J connectivity index is 2.43. The number of amides is 1. The molecule has 0 aliphatic heterocycles. The predicted octanol–water partition coefficient (Wildman–Crippen LogP) is 2.37. The Hall–Kier alpha value is -0.780. The monoisotopic (exact) mass is 335 g/mol. The van der Waals surface area contributed by atoms with Crippen molar-refractivity contribution in [3.63, 3.8) is 0 Å². The van der Waals surface area contributed by atoms with Crippen LogP contribution in [0.25, 0.3) is 0 Å². The lowest BCUT2D eigenvalue weighted by Gasteiger charge is -2.17. The molecule has 6 heteroatoms. The van der Waals surface area contributed by atoms with Crippen LogP contribution in [-0.4, -0.2) is 29.8 Å². The van der Waals surface area contributed by atoms with E-state index in [0.717, 1.165) is 0 Å². The van der Waals surface area contributed by atoms with Crippen molar-refractivity contribution < 1.29 is 14.6 Å². The molecule has 0 atom stereocenters. The normalized spacial score (nSPS) is 11.2. The lowest BCUT2D eigenvalue weighted by Crippen LogP contribution is -2.40. The summed E-state index contributed by atoms with van der Waals surface area (Å²) in [5.74, 6) is 0.247. The highest BCUT2D eigenvalue weighted by Gasteiger charge is 2.14. The number of nitrogens with one attached hydrogen (secondary N) is 1. The van der Waals surface area contributed by atoms with Gasteiger partial charge >= 0.3 is 0 Å². The lowest BCUT2D eigenvalue weighted by atomic mass is 10.1. The number of hydrogen-bond acceptors (Lipinski definition) is 3. The first-order valence-corrected chi connectivity index (χ1v) is 6.52. The number of benzene rings is 1. The number of aliphatic hydroxyl groups is 1. The van der Waals surface area contributed by atoms with Crippen LogP contribution in [0.5, 0.6) is 5.75 Å². The summed E-state index contributed by atoms with van der Waals surface area (Å²) in [5, 5.41) is 12.6. The van der Waals surface area contributed by atoms with Crippen molar-refractivity contribution in [1.82, 2.24) is 5.32 Å². The fraction of sp³-hybridized carbons (Fsp3) is 0.417.